The van der Waals surface area contributed by atoms with Crippen LogP contribution in [0.2, 0.25) is 0 Å². The van der Waals surface area contributed by atoms with E-state index in [4.69, 9.17) is 4.84 Å². The minimum Gasteiger partial charge on any atom is -0.404 e. The molecule has 0 fully saturated rings. The molecule has 0 aliphatic carbocycles. The van der Waals surface area contributed by atoms with Crippen molar-refractivity contribution in [3.63, 3.8) is 0 Å². The molecule has 8 nitrogen and oxygen atoms in total. The van der Waals surface area contributed by atoms with Gasteiger partial charge in [0.25, 0.3) is 11.2 Å². The molecule has 0 unspecified atom stereocenters. The van der Waals surface area contributed by atoms with Gasteiger partial charge in [-0.2, -0.15) is 0 Å². The van der Waals surface area contributed by atoms with Crippen LogP contribution in [0, 0.1) is 10.1 Å². The Balaban J connectivity index is 1.95. The largest absolute Gasteiger partial charge is 0.404 e. The number of nitro groups is 1. The molecule has 25 heavy (non-hydrogen) atoms. The van der Waals surface area contributed by atoms with Gasteiger partial charge in [-0.15, -0.1) is 4.73 Å². The average molecular weight is 339 g/mol. The molecule has 126 valence electrons. The molecule has 8 heteroatoms. The maximum absolute atomic E-state index is 12.1. The molecule has 2 aromatic carbocycles. The van der Waals surface area contributed by atoms with Crippen LogP contribution in [-0.2, 0) is 6.61 Å². The second-order valence-electron chi connectivity index (χ2n) is 5.18. The van der Waals surface area contributed by atoms with E-state index < -0.39 is 16.2 Å². The van der Waals surface area contributed by atoms with E-state index in [1.54, 1.807) is 30.3 Å². The molecule has 0 saturated heterocycles. The zero-order valence-corrected chi connectivity index (χ0v) is 12.9. The first-order chi connectivity index (χ1) is 12.0. The van der Waals surface area contributed by atoms with E-state index in [9.17, 15) is 19.7 Å². The highest BCUT2D eigenvalue weighted by molar-refractivity contribution is 5.58. The summed E-state index contributed by atoms with van der Waals surface area (Å²) in [6.45, 7) is -0.0759. The lowest BCUT2D eigenvalue weighted by Crippen LogP contribution is -2.34. The number of H-pyrrole nitrogens is 1. The molecule has 3 rings (SSSR count). The van der Waals surface area contributed by atoms with E-state index in [1.807, 2.05) is 6.07 Å². The summed E-state index contributed by atoms with van der Waals surface area (Å²) in [5, 5.41) is 10.8. The van der Waals surface area contributed by atoms with Crippen LogP contribution < -0.4 is 16.1 Å². The van der Waals surface area contributed by atoms with Gasteiger partial charge in [0.2, 0.25) is 0 Å². The molecular weight excluding hydrogens is 326 g/mol. The average Bonchev–Trinajstić information content (AvgIpc) is 2.61. The third-order valence-electron chi connectivity index (χ3n) is 3.45. The molecule has 3 aromatic rings. The monoisotopic (exact) mass is 339 g/mol. The number of nitrogens with one attached hydrogen (secondary N) is 1. The number of benzene rings is 2. The zero-order chi connectivity index (χ0) is 17.8. The van der Waals surface area contributed by atoms with Gasteiger partial charge in [0.05, 0.1) is 10.6 Å². The van der Waals surface area contributed by atoms with Gasteiger partial charge in [-0.05, 0) is 5.56 Å². The minimum absolute atomic E-state index is 0.0711. The van der Waals surface area contributed by atoms with E-state index in [1.165, 1.54) is 24.3 Å². The Morgan fingerprint density at radius 3 is 2.52 bits per heavy atom. The fourth-order valence-corrected chi connectivity index (χ4v) is 2.32. The van der Waals surface area contributed by atoms with Gasteiger partial charge in [0.15, 0.2) is 0 Å². The Labute approximate surface area is 141 Å². The molecule has 0 aliphatic heterocycles. The van der Waals surface area contributed by atoms with Crippen LogP contribution in [-0.4, -0.2) is 14.6 Å². The number of aromatic nitrogens is 2. The molecule has 0 amide bonds. The summed E-state index contributed by atoms with van der Waals surface area (Å²) in [5.74, 6) is 0. The van der Waals surface area contributed by atoms with Gasteiger partial charge >= 0.3 is 5.69 Å². The minimum atomic E-state index is -0.725. The highest BCUT2D eigenvalue weighted by atomic mass is 16.7. The van der Waals surface area contributed by atoms with Crippen molar-refractivity contribution in [1.82, 2.24) is 9.71 Å². The second kappa shape index (κ2) is 6.83. The van der Waals surface area contributed by atoms with Gasteiger partial charge in [-0.3, -0.25) is 19.9 Å². The summed E-state index contributed by atoms with van der Waals surface area (Å²) < 4.78 is 0.968. The van der Waals surface area contributed by atoms with Crippen molar-refractivity contribution in [2.24, 2.45) is 0 Å². The first kappa shape index (κ1) is 16.2. The lowest BCUT2D eigenvalue weighted by molar-refractivity contribution is -0.384. The Morgan fingerprint density at radius 1 is 1.04 bits per heavy atom. The fourth-order valence-electron chi connectivity index (χ4n) is 2.32. The maximum atomic E-state index is 12.1. The molecule has 1 heterocycles. The van der Waals surface area contributed by atoms with E-state index in [0.717, 1.165) is 4.73 Å². The Morgan fingerprint density at radius 2 is 1.80 bits per heavy atom. The molecule has 1 aromatic heterocycles. The summed E-state index contributed by atoms with van der Waals surface area (Å²) in [6, 6.07) is 16.0. The van der Waals surface area contributed by atoms with Crippen LogP contribution in [0.4, 0.5) is 5.69 Å². The van der Waals surface area contributed by atoms with Gasteiger partial charge in [0, 0.05) is 23.8 Å². The van der Waals surface area contributed by atoms with E-state index in [-0.39, 0.29) is 12.3 Å². The second-order valence-corrected chi connectivity index (χ2v) is 5.18. The predicted octanol–water partition coefficient (Wildman–Crippen LogP) is 1.74. The number of aromatic amines is 1. The normalized spacial score (nSPS) is 10.4. The van der Waals surface area contributed by atoms with Crippen LogP contribution in [0.5, 0.6) is 0 Å². The molecule has 0 atom stereocenters. The SMILES string of the molecule is O=c1cc(-c2ccccc2)n(OCc2cccc([N+](=O)[O-])c2)c(=O)[nH]1. The van der Waals surface area contributed by atoms with Crippen LogP contribution in [0.1, 0.15) is 5.56 Å². The summed E-state index contributed by atoms with van der Waals surface area (Å²) in [4.78, 5) is 41.7. The molecule has 0 spiro atoms. The van der Waals surface area contributed by atoms with Gasteiger partial charge in [-0.1, -0.05) is 42.5 Å². The van der Waals surface area contributed by atoms with Crippen molar-refractivity contribution in [3.8, 4) is 11.3 Å². The van der Waals surface area contributed by atoms with Gasteiger partial charge in [-0.25, -0.2) is 4.79 Å². The molecule has 0 radical (unpaired) electrons. The zero-order valence-electron chi connectivity index (χ0n) is 12.9. The topological polar surface area (TPSA) is 107 Å². The lowest BCUT2D eigenvalue weighted by atomic mass is 10.1. The highest BCUT2D eigenvalue weighted by Gasteiger charge is 2.11. The molecular formula is C17H13N3O5. The number of hydrogen-bond acceptors (Lipinski definition) is 5. The third kappa shape index (κ3) is 3.63. The van der Waals surface area contributed by atoms with E-state index in [2.05, 4.69) is 4.98 Å². The summed E-state index contributed by atoms with van der Waals surface area (Å²) in [6.07, 6.45) is 0. The van der Waals surface area contributed by atoms with Crippen LogP contribution in [0.15, 0.2) is 70.3 Å². The molecule has 0 saturated carbocycles. The first-order valence-corrected chi connectivity index (χ1v) is 7.33. The standard InChI is InChI=1S/C17H13N3O5/c21-16-10-15(13-6-2-1-3-7-13)19(17(22)18-16)25-11-12-5-4-8-14(9-12)20(23)24/h1-10H,11H2,(H,18,21,22). The van der Waals surface area contributed by atoms with Crippen LogP contribution in [0.25, 0.3) is 11.3 Å². The molecule has 0 aliphatic rings. The molecule has 0 bridgehead atoms. The van der Waals surface area contributed by atoms with Crippen molar-refractivity contribution < 1.29 is 9.76 Å². The number of non-ortho nitro benzene ring substituents is 1. The van der Waals surface area contributed by atoms with Crippen molar-refractivity contribution in [2.45, 2.75) is 6.61 Å². The highest BCUT2D eigenvalue weighted by Crippen LogP contribution is 2.16. The first-order valence-electron chi connectivity index (χ1n) is 7.33. The smallest absolute Gasteiger partial charge is 0.361 e. The van der Waals surface area contributed by atoms with Crippen molar-refractivity contribution in [3.05, 3.63) is 97.2 Å². The number of nitrogens with zero attached hydrogens (tertiary/aromatic N) is 2. The van der Waals surface area contributed by atoms with Gasteiger partial charge < -0.3 is 4.84 Å². The number of rotatable bonds is 5. The van der Waals surface area contributed by atoms with Crippen molar-refractivity contribution >= 4 is 5.69 Å². The van der Waals surface area contributed by atoms with Gasteiger partial charge in [0.1, 0.15) is 6.61 Å². The summed E-state index contributed by atoms with van der Waals surface area (Å²) in [7, 11) is 0. The van der Waals surface area contributed by atoms with E-state index >= 15 is 0 Å². The van der Waals surface area contributed by atoms with Crippen molar-refractivity contribution in [2.75, 3.05) is 0 Å². The van der Waals surface area contributed by atoms with Crippen LogP contribution >= 0.6 is 0 Å². The lowest BCUT2D eigenvalue weighted by Gasteiger charge is -2.13. The Hall–Kier alpha value is -3.68. The quantitative estimate of drug-likeness (QED) is 0.563. The maximum Gasteiger partial charge on any atom is 0.361 e. The Bertz CT molecular complexity index is 1020. The number of nitro benzene ring substituents is 1. The Kier molecular flexibility index (Phi) is 4.42. The predicted molar refractivity (Wildman–Crippen MR) is 90.1 cm³/mol. The fraction of sp³-hybridized carbons (Fsp3) is 0.0588. The molecule has 1 N–H and O–H groups in total. The third-order valence-corrected chi connectivity index (χ3v) is 3.45. The van der Waals surface area contributed by atoms with E-state index in [0.29, 0.717) is 16.8 Å². The number of hydrogen-bond donors (Lipinski definition) is 1. The van der Waals surface area contributed by atoms with Crippen LogP contribution in [0.3, 0.4) is 0 Å². The summed E-state index contributed by atoms with van der Waals surface area (Å²) >= 11 is 0. The summed E-state index contributed by atoms with van der Waals surface area (Å²) in [5.41, 5.74) is 0.102. The van der Waals surface area contributed by atoms with Crippen molar-refractivity contribution in [1.29, 1.82) is 0 Å².